The molecule has 3 nitrogen and oxygen atoms in total. The SMILES string of the molecule is O=S(=O)(Oc1ccc(C2SCCS2)cc1)c1ccc(Cl)cc1. The molecule has 0 amide bonds. The lowest BCUT2D eigenvalue weighted by atomic mass is 10.2. The summed E-state index contributed by atoms with van der Waals surface area (Å²) in [6.45, 7) is 0. The first-order valence-electron chi connectivity index (χ1n) is 6.58. The van der Waals surface area contributed by atoms with Gasteiger partial charge < -0.3 is 4.18 Å². The van der Waals surface area contributed by atoms with E-state index in [4.69, 9.17) is 15.8 Å². The van der Waals surface area contributed by atoms with E-state index in [0.717, 1.165) is 11.5 Å². The van der Waals surface area contributed by atoms with Crippen LogP contribution in [-0.2, 0) is 10.1 Å². The Kier molecular flexibility index (Phi) is 4.92. The van der Waals surface area contributed by atoms with Crippen LogP contribution >= 0.6 is 35.1 Å². The van der Waals surface area contributed by atoms with Crippen LogP contribution < -0.4 is 4.18 Å². The summed E-state index contributed by atoms with van der Waals surface area (Å²) in [6.07, 6.45) is 0. The normalized spacial score (nSPS) is 15.9. The van der Waals surface area contributed by atoms with Gasteiger partial charge in [0.15, 0.2) is 0 Å². The maximum absolute atomic E-state index is 12.2. The van der Waals surface area contributed by atoms with Gasteiger partial charge >= 0.3 is 10.1 Å². The van der Waals surface area contributed by atoms with Gasteiger partial charge in [-0.25, -0.2) is 0 Å². The van der Waals surface area contributed by atoms with Crippen molar-refractivity contribution in [1.82, 2.24) is 0 Å². The quantitative estimate of drug-likeness (QED) is 0.734. The summed E-state index contributed by atoms with van der Waals surface area (Å²) < 4.78 is 30.0. The lowest BCUT2D eigenvalue weighted by Crippen LogP contribution is -2.09. The van der Waals surface area contributed by atoms with Crippen molar-refractivity contribution in [2.24, 2.45) is 0 Å². The largest absolute Gasteiger partial charge is 0.379 e. The second-order valence-electron chi connectivity index (χ2n) is 4.63. The molecule has 0 atom stereocenters. The Labute approximate surface area is 143 Å². The Morgan fingerprint density at radius 1 is 0.955 bits per heavy atom. The highest BCUT2D eigenvalue weighted by atomic mass is 35.5. The smallest absolute Gasteiger partial charge is 0.339 e. The van der Waals surface area contributed by atoms with Crippen molar-refractivity contribution in [3.8, 4) is 5.75 Å². The van der Waals surface area contributed by atoms with Crippen LogP contribution in [0.5, 0.6) is 5.75 Å². The second kappa shape index (κ2) is 6.74. The van der Waals surface area contributed by atoms with Crippen LogP contribution in [0.4, 0.5) is 0 Å². The molecule has 0 spiro atoms. The summed E-state index contributed by atoms with van der Waals surface area (Å²) in [5, 5.41) is 0.481. The Balaban J connectivity index is 1.75. The van der Waals surface area contributed by atoms with Crippen molar-refractivity contribution in [3.05, 3.63) is 59.1 Å². The summed E-state index contributed by atoms with van der Waals surface area (Å²) in [7, 11) is -3.83. The van der Waals surface area contributed by atoms with Crippen LogP contribution in [0.15, 0.2) is 53.4 Å². The van der Waals surface area contributed by atoms with Gasteiger partial charge in [-0.2, -0.15) is 8.42 Å². The third-order valence-corrected chi connectivity index (χ3v) is 7.70. The molecule has 2 aromatic rings. The van der Waals surface area contributed by atoms with E-state index >= 15 is 0 Å². The molecule has 7 heteroatoms. The molecule has 2 aromatic carbocycles. The molecule has 1 saturated heterocycles. The highest BCUT2D eigenvalue weighted by Crippen LogP contribution is 2.45. The fourth-order valence-electron chi connectivity index (χ4n) is 2.01. The van der Waals surface area contributed by atoms with E-state index < -0.39 is 10.1 Å². The van der Waals surface area contributed by atoms with Crippen molar-refractivity contribution < 1.29 is 12.6 Å². The summed E-state index contributed by atoms with van der Waals surface area (Å²) in [6, 6.07) is 13.1. The fourth-order valence-corrected chi connectivity index (χ4v) is 5.92. The molecule has 0 aliphatic carbocycles. The first-order valence-corrected chi connectivity index (χ1v) is 10.5. The minimum atomic E-state index is -3.83. The van der Waals surface area contributed by atoms with Crippen molar-refractivity contribution in [2.75, 3.05) is 11.5 Å². The molecule has 116 valence electrons. The van der Waals surface area contributed by atoms with E-state index in [-0.39, 0.29) is 4.90 Å². The summed E-state index contributed by atoms with van der Waals surface area (Å²) >= 11 is 9.57. The Bertz CT molecular complexity index is 737. The molecule has 0 bridgehead atoms. The molecule has 3 rings (SSSR count). The average molecular weight is 373 g/mol. The molecule has 1 aliphatic rings. The zero-order valence-corrected chi connectivity index (χ0v) is 14.6. The van der Waals surface area contributed by atoms with Gasteiger partial charge in [-0.05, 0) is 42.0 Å². The standard InChI is InChI=1S/C15H13ClO3S3/c16-12-3-7-14(8-4-12)22(17,18)19-13-5-1-11(2-6-13)15-20-9-10-21-15/h1-8,15H,9-10H2. The van der Waals surface area contributed by atoms with Crippen molar-refractivity contribution >= 4 is 45.2 Å². The molecular weight excluding hydrogens is 360 g/mol. The third-order valence-electron chi connectivity index (χ3n) is 3.08. The predicted octanol–water partition coefficient (Wildman–Crippen LogP) is 4.59. The van der Waals surface area contributed by atoms with Crippen molar-refractivity contribution in [3.63, 3.8) is 0 Å². The van der Waals surface area contributed by atoms with Gasteiger partial charge in [0.1, 0.15) is 10.6 Å². The van der Waals surface area contributed by atoms with E-state index in [1.807, 2.05) is 35.7 Å². The van der Waals surface area contributed by atoms with Gasteiger partial charge in [-0.1, -0.05) is 23.7 Å². The van der Waals surface area contributed by atoms with Crippen LogP contribution in [0, 0.1) is 0 Å². The van der Waals surface area contributed by atoms with Gasteiger partial charge in [0.2, 0.25) is 0 Å². The number of halogens is 1. The number of hydrogen-bond donors (Lipinski definition) is 0. The molecular formula is C15H13ClO3S3. The van der Waals surface area contributed by atoms with Gasteiger partial charge in [-0.3, -0.25) is 0 Å². The Hall–Kier alpha value is -0.820. The topological polar surface area (TPSA) is 43.4 Å². The molecule has 0 N–H and O–H groups in total. The zero-order chi connectivity index (χ0) is 15.6. The predicted molar refractivity (Wildman–Crippen MR) is 93.4 cm³/mol. The molecule has 0 radical (unpaired) electrons. The molecule has 1 heterocycles. The number of benzene rings is 2. The molecule has 0 saturated carbocycles. The van der Waals surface area contributed by atoms with Crippen molar-refractivity contribution in [1.29, 1.82) is 0 Å². The van der Waals surface area contributed by atoms with Crippen LogP contribution in [-0.4, -0.2) is 19.9 Å². The Morgan fingerprint density at radius 2 is 1.55 bits per heavy atom. The first kappa shape index (κ1) is 16.1. The number of hydrogen-bond acceptors (Lipinski definition) is 5. The van der Waals surface area contributed by atoms with Crippen LogP contribution in [0.25, 0.3) is 0 Å². The van der Waals surface area contributed by atoms with Crippen LogP contribution in [0.2, 0.25) is 5.02 Å². The van der Waals surface area contributed by atoms with Gasteiger partial charge in [-0.15, -0.1) is 23.5 Å². The summed E-state index contributed by atoms with van der Waals surface area (Å²) in [5.74, 6) is 2.61. The highest BCUT2D eigenvalue weighted by molar-refractivity contribution is 8.19. The van der Waals surface area contributed by atoms with Crippen LogP contribution in [0.3, 0.4) is 0 Å². The lowest BCUT2D eigenvalue weighted by molar-refractivity contribution is 0.486. The van der Waals surface area contributed by atoms with E-state index in [0.29, 0.717) is 15.4 Å². The molecule has 1 aliphatic heterocycles. The van der Waals surface area contributed by atoms with E-state index in [1.54, 1.807) is 12.1 Å². The molecule has 1 fully saturated rings. The van der Waals surface area contributed by atoms with Gasteiger partial charge in [0.05, 0.1) is 4.58 Å². The maximum Gasteiger partial charge on any atom is 0.339 e. The number of thioether (sulfide) groups is 2. The monoisotopic (exact) mass is 372 g/mol. The second-order valence-corrected chi connectivity index (χ2v) is 9.34. The molecule has 0 unspecified atom stereocenters. The lowest BCUT2D eigenvalue weighted by Gasteiger charge is -2.10. The summed E-state index contributed by atoms with van der Waals surface area (Å²) in [4.78, 5) is 0.0860. The van der Waals surface area contributed by atoms with E-state index in [1.165, 1.54) is 29.8 Å². The van der Waals surface area contributed by atoms with E-state index in [9.17, 15) is 8.42 Å². The van der Waals surface area contributed by atoms with Crippen molar-refractivity contribution in [2.45, 2.75) is 9.48 Å². The molecule has 22 heavy (non-hydrogen) atoms. The molecule has 0 aromatic heterocycles. The minimum Gasteiger partial charge on any atom is -0.379 e. The Morgan fingerprint density at radius 3 is 2.14 bits per heavy atom. The zero-order valence-electron chi connectivity index (χ0n) is 11.4. The average Bonchev–Trinajstić information content (AvgIpc) is 3.02. The highest BCUT2D eigenvalue weighted by Gasteiger charge is 2.19. The van der Waals surface area contributed by atoms with E-state index in [2.05, 4.69) is 0 Å². The van der Waals surface area contributed by atoms with Crippen LogP contribution in [0.1, 0.15) is 10.1 Å². The fraction of sp³-hybridized carbons (Fsp3) is 0.200. The summed E-state index contributed by atoms with van der Waals surface area (Å²) in [5.41, 5.74) is 1.18. The third kappa shape index (κ3) is 3.74. The maximum atomic E-state index is 12.2. The minimum absolute atomic E-state index is 0.0860. The van der Waals surface area contributed by atoms with Gasteiger partial charge in [0, 0.05) is 16.5 Å². The first-order chi connectivity index (χ1) is 10.5. The number of rotatable bonds is 4. The van der Waals surface area contributed by atoms with Gasteiger partial charge in [0.25, 0.3) is 0 Å².